The van der Waals surface area contributed by atoms with Crippen molar-refractivity contribution in [2.24, 2.45) is 10.9 Å². The summed E-state index contributed by atoms with van der Waals surface area (Å²) < 4.78 is 49.7. The molecule has 0 unspecified atom stereocenters. The number of rotatable bonds is 4. The lowest BCUT2D eigenvalue weighted by Crippen LogP contribution is -2.58. The third kappa shape index (κ3) is 4.00. The summed E-state index contributed by atoms with van der Waals surface area (Å²) in [6, 6.07) is 0. The lowest BCUT2D eigenvalue weighted by molar-refractivity contribution is 0.227. The largest absolute Gasteiger partial charge is 0.409 e. The van der Waals surface area contributed by atoms with Gasteiger partial charge in [0.2, 0.25) is 0 Å². The summed E-state index contributed by atoms with van der Waals surface area (Å²) >= 11 is 0. The van der Waals surface area contributed by atoms with Crippen LogP contribution < -0.4 is 10.5 Å². The number of nitrogens with zero attached hydrogens (tertiary/aromatic N) is 1. The number of hydrogen-bond donors (Lipinski definition) is 3. The van der Waals surface area contributed by atoms with E-state index in [2.05, 4.69) is 5.16 Å². The Balaban J connectivity index is 3.04. The first-order valence-electron chi connectivity index (χ1n) is 6.13. The third-order valence-corrected chi connectivity index (χ3v) is 4.52. The molecule has 0 aliphatic heterocycles. The van der Waals surface area contributed by atoms with Crippen molar-refractivity contribution in [2.75, 3.05) is 0 Å². The molecule has 0 atom stereocenters. The first-order valence-corrected chi connectivity index (χ1v) is 7.68. The molecular formula is C10H19F2N3O3S. The van der Waals surface area contributed by atoms with Crippen molar-refractivity contribution >= 4 is 15.9 Å². The fourth-order valence-electron chi connectivity index (χ4n) is 2.33. The Kier molecular flexibility index (Phi) is 5.48. The van der Waals surface area contributed by atoms with Gasteiger partial charge in [0.05, 0.1) is 5.54 Å². The van der Waals surface area contributed by atoms with Crippen LogP contribution >= 0.6 is 0 Å². The number of hydrogen-bond acceptors (Lipinski definition) is 4. The number of halogens is 2. The Bertz CT molecular complexity index is 418. The Morgan fingerprint density at radius 3 is 2.11 bits per heavy atom. The van der Waals surface area contributed by atoms with Crippen LogP contribution in [0.1, 0.15) is 44.9 Å². The number of amidine groups is 1. The Labute approximate surface area is 111 Å². The van der Waals surface area contributed by atoms with Crippen molar-refractivity contribution < 1.29 is 22.4 Å². The molecule has 112 valence electrons. The molecule has 4 N–H and O–H groups in total. The molecule has 0 amide bonds. The second kappa shape index (κ2) is 6.47. The van der Waals surface area contributed by atoms with E-state index in [-0.39, 0.29) is 18.7 Å². The molecule has 6 nitrogen and oxygen atoms in total. The number of nitrogens with one attached hydrogen (secondary N) is 1. The van der Waals surface area contributed by atoms with Crippen LogP contribution in [0.25, 0.3) is 0 Å². The average molecular weight is 299 g/mol. The smallest absolute Gasteiger partial charge is 0.350 e. The zero-order valence-corrected chi connectivity index (χ0v) is 11.3. The number of oxime groups is 1. The van der Waals surface area contributed by atoms with Crippen LogP contribution in [0.15, 0.2) is 5.16 Å². The van der Waals surface area contributed by atoms with Crippen LogP contribution in [0.5, 0.6) is 0 Å². The second-order valence-electron chi connectivity index (χ2n) is 4.74. The molecule has 1 rings (SSSR count). The van der Waals surface area contributed by atoms with Gasteiger partial charge >= 0.3 is 5.76 Å². The standard InChI is InChI=1S/C10H19F2N3O3S/c11-9(12)19(17,18)15-10(8(13)14-16)6-4-2-1-3-5-7-10/h9,15-16H,1-7H2,(H2,13,14). The van der Waals surface area contributed by atoms with Crippen molar-refractivity contribution in [2.45, 2.75) is 56.2 Å². The van der Waals surface area contributed by atoms with Crippen molar-refractivity contribution in [3.05, 3.63) is 0 Å². The van der Waals surface area contributed by atoms with E-state index in [1.165, 1.54) is 0 Å². The molecule has 0 spiro atoms. The lowest BCUT2D eigenvalue weighted by Gasteiger charge is -2.34. The predicted octanol–water partition coefficient (Wildman–Crippen LogP) is 1.36. The van der Waals surface area contributed by atoms with Crippen LogP contribution in [0.3, 0.4) is 0 Å². The minimum absolute atomic E-state index is 0.245. The maximum Gasteiger partial charge on any atom is 0.350 e. The topological polar surface area (TPSA) is 105 Å². The minimum atomic E-state index is -4.79. The minimum Gasteiger partial charge on any atom is -0.409 e. The molecular weight excluding hydrogens is 280 g/mol. The molecule has 1 aliphatic carbocycles. The summed E-state index contributed by atoms with van der Waals surface area (Å²) in [4.78, 5) is 0. The molecule has 1 aliphatic rings. The summed E-state index contributed by atoms with van der Waals surface area (Å²) in [5.41, 5.74) is 4.13. The molecule has 0 saturated heterocycles. The first kappa shape index (κ1) is 16.1. The van der Waals surface area contributed by atoms with E-state index < -0.39 is 21.3 Å². The van der Waals surface area contributed by atoms with E-state index in [4.69, 9.17) is 10.9 Å². The monoisotopic (exact) mass is 299 g/mol. The molecule has 0 aromatic rings. The lowest BCUT2D eigenvalue weighted by atomic mass is 9.84. The van der Waals surface area contributed by atoms with E-state index >= 15 is 0 Å². The van der Waals surface area contributed by atoms with E-state index in [9.17, 15) is 17.2 Å². The average Bonchev–Trinajstić information content (AvgIpc) is 2.31. The highest BCUT2D eigenvalue weighted by molar-refractivity contribution is 7.89. The molecule has 0 aromatic carbocycles. The molecule has 0 aromatic heterocycles. The summed E-state index contributed by atoms with van der Waals surface area (Å²) in [5, 5.41) is 11.6. The molecule has 0 radical (unpaired) electrons. The molecule has 19 heavy (non-hydrogen) atoms. The predicted molar refractivity (Wildman–Crippen MR) is 66.5 cm³/mol. The summed E-state index contributed by atoms with van der Waals surface area (Å²) in [6.07, 6.45) is 4.47. The van der Waals surface area contributed by atoms with Gasteiger partial charge in [-0.2, -0.15) is 13.5 Å². The maximum atomic E-state index is 12.5. The Morgan fingerprint density at radius 2 is 1.68 bits per heavy atom. The number of sulfonamides is 1. The van der Waals surface area contributed by atoms with Gasteiger partial charge in [-0.05, 0) is 12.8 Å². The number of alkyl halides is 2. The molecule has 0 bridgehead atoms. The Morgan fingerprint density at radius 1 is 1.21 bits per heavy atom. The van der Waals surface area contributed by atoms with Crippen LogP contribution in [0.2, 0.25) is 0 Å². The van der Waals surface area contributed by atoms with Gasteiger partial charge in [0.25, 0.3) is 10.0 Å². The quantitative estimate of drug-likeness (QED) is 0.315. The van der Waals surface area contributed by atoms with Crippen LogP contribution in [0, 0.1) is 0 Å². The summed E-state index contributed by atoms with van der Waals surface area (Å²) in [5.74, 6) is -3.90. The van der Waals surface area contributed by atoms with Crippen molar-refractivity contribution in [1.29, 1.82) is 0 Å². The van der Waals surface area contributed by atoms with E-state index in [1.807, 2.05) is 4.72 Å². The van der Waals surface area contributed by atoms with E-state index in [1.54, 1.807) is 0 Å². The zero-order valence-electron chi connectivity index (χ0n) is 10.5. The van der Waals surface area contributed by atoms with Gasteiger partial charge < -0.3 is 10.9 Å². The highest BCUT2D eigenvalue weighted by atomic mass is 32.2. The maximum absolute atomic E-state index is 12.5. The molecule has 0 heterocycles. The normalized spacial score (nSPS) is 21.9. The van der Waals surface area contributed by atoms with Crippen molar-refractivity contribution in [1.82, 2.24) is 4.72 Å². The summed E-state index contributed by atoms with van der Waals surface area (Å²) in [7, 11) is -4.79. The van der Waals surface area contributed by atoms with Gasteiger partial charge in [-0.25, -0.2) is 8.42 Å². The van der Waals surface area contributed by atoms with Gasteiger partial charge in [-0.1, -0.05) is 37.3 Å². The van der Waals surface area contributed by atoms with Gasteiger partial charge in [0, 0.05) is 0 Å². The number of nitrogens with two attached hydrogens (primary N) is 1. The summed E-state index contributed by atoms with van der Waals surface area (Å²) in [6.45, 7) is 0. The van der Waals surface area contributed by atoms with Crippen LogP contribution in [-0.4, -0.2) is 30.8 Å². The van der Waals surface area contributed by atoms with Crippen LogP contribution in [0.4, 0.5) is 8.78 Å². The highest BCUT2D eigenvalue weighted by Gasteiger charge is 2.41. The SMILES string of the molecule is N/C(=N/O)C1(NS(=O)(=O)C(F)F)CCCCCCC1. The molecule has 1 saturated carbocycles. The molecule has 1 fully saturated rings. The van der Waals surface area contributed by atoms with Crippen LogP contribution in [-0.2, 0) is 10.0 Å². The van der Waals surface area contributed by atoms with Crippen molar-refractivity contribution in [3.8, 4) is 0 Å². The third-order valence-electron chi connectivity index (χ3n) is 3.38. The van der Waals surface area contributed by atoms with Gasteiger partial charge in [0.15, 0.2) is 5.84 Å². The van der Waals surface area contributed by atoms with Crippen molar-refractivity contribution in [3.63, 3.8) is 0 Å². The fourth-order valence-corrected chi connectivity index (χ4v) is 3.27. The second-order valence-corrected chi connectivity index (χ2v) is 6.39. The fraction of sp³-hybridized carbons (Fsp3) is 0.900. The molecule has 9 heteroatoms. The highest BCUT2D eigenvalue weighted by Crippen LogP contribution is 2.28. The first-order chi connectivity index (χ1) is 8.84. The Hall–Kier alpha value is -0.960. The van der Waals surface area contributed by atoms with Gasteiger partial charge in [0.1, 0.15) is 0 Å². The van der Waals surface area contributed by atoms with E-state index in [0.29, 0.717) is 12.8 Å². The van der Waals surface area contributed by atoms with E-state index in [0.717, 1.165) is 19.3 Å². The zero-order chi connectivity index (χ0) is 14.5. The van der Waals surface area contributed by atoms with Gasteiger partial charge in [-0.3, -0.25) is 0 Å². The van der Waals surface area contributed by atoms with Gasteiger partial charge in [-0.15, -0.1) is 0 Å².